The molecule has 3 rings (SSSR count). The van der Waals surface area contributed by atoms with Crippen LogP contribution in [0, 0.1) is 5.82 Å². The summed E-state index contributed by atoms with van der Waals surface area (Å²) in [6, 6.07) is 20.2. The fraction of sp³-hybridized carbons (Fsp3) is 0.286. The first-order chi connectivity index (χ1) is 16.9. The standard InChI is InChI=1S/C28H29Cl2FN2O2/c1-2-3-16-32-28(35)26(17-20-8-5-4-6-9-20)33(19-21-12-14-22(29)15-13-21)27(34)18-23-24(30)10-7-11-25(23)31/h4-15,26H,2-3,16-19H2,1H3,(H,32,35)/t26-/m1/s1. The topological polar surface area (TPSA) is 49.4 Å². The first kappa shape index (κ1) is 26.7. The van der Waals surface area contributed by atoms with Gasteiger partial charge in [-0.05, 0) is 41.8 Å². The Kier molecular flexibility index (Phi) is 10.1. The van der Waals surface area contributed by atoms with E-state index in [1.165, 1.54) is 17.0 Å². The van der Waals surface area contributed by atoms with E-state index in [4.69, 9.17) is 23.2 Å². The minimum Gasteiger partial charge on any atom is -0.354 e. The summed E-state index contributed by atoms with van der Waals surface area (Å²) in [5, 5.41) is 3.72. The molecule has 0 radical (unpaired) electrons. The van der Waals surface area contributed by atoms with Crippen LogP contribution >= 0.6 is 23.2 Å². The van der Waals surface area contributed by atoms with Crippen molar-refractivity contribution in [3.05, 3.63) is 105 Å². The van der Waals surface area contributed by atoms with Crippen LogP contribution in [0.15, 0.2) is 72.8 Å². The molecule has 0 spiro atoms. The molecule has 0 unspecified atom stereocenters. The first-order valence-electron chi connectivity index (χ1n) is 11.7. The summed E-state index contributed by atoms with van der Waals surface area (Å²) in [6.45, 7) is 2.73. The number of rotatable bonds is 11. The molecule has 0 aliphatic heterocycles. The molecule has 3 aromatic carbocycles. The van der Waals surface area contributed by atoms with E-state index in [0.717, 1.165) is 24.0 Å². The Balaban J connectivity index is 1.97. The van der Waals surface area contributed by atoms with E-state index < -0.39 is 17.8 Å². The van der Waals surface area contributed by atoms with E-state index in [1.807, 2.05) is 49.4 Å². The van der Waals surface area contributed by atoms with Crippen LogP contribution in [0.3, 0.4) is 0 Å². The van der Waals surface area contributed by atoms with Gasteiger partial charge in [0.1, 0.15) is 11.9 Å². The van der Waals surface area contributed by atoms with Crippen molar-refractivity contribution in [2.24, 2.45) is 0 Å². The van der Waals surface area contributed by atoms with Gasteiger partial charge in [-0.1, -0.05) is 85.1 Å². The summed E-state index contributed by atoms with van der Waals surface area (Å²) in [5.41, 5.74) is 1.84. The molecular formula is C28H29Cl2FN2O2. The number of halogens is 3. The number of nitrogens with zero attached hydrogens (tertiary/aromatic N) is 1. The number of hydrogen-bond acceptors (Lipinski definition) is 2. The number of hydrogen-bond donors (Lipinski definition) is 1. The SMILES string of the molecule is CCCCNC(=O)[C@@H](Cc1ccccc1)N(Cc1ccc(Cl)cc1)C(=O)Cc1c(F)cccc1Cl. The lowest BCUT2D eigenvalue weighted by molar-refractivity contribution is -0.140. The minimum atomic E-state index is -0.789. The number of benzene rings is 3. The van der Waals surface area contributed by atoms with Crippen LogP contribution in [0.5, 0.6) is 0 Å². The van der Waals surface area contributed by atoms with Gasteiger partial charge in [0.2, 0.25) is 11.8 Å². The average Bonchev–Trinajstić information content (AvgIpc) is 2.85. The lowest BCUT2D eigenvalue weighted by Gasteiger charge is -2.32. The predicted octanol–water partition coefficient (Wildman–Crippen LogP) is 6.23. The van der Waals surface area contributed by atoms with E-state index in [2.05, 4.69) is 5.32 Å². The normalized spacial score (nSPS) is 11.7. The Morgan fingerprint density at radius 1 is 0.943 bits per heavy atom. The number of amides is 2. The largest absolute Gasteiger partial charge is 0.354 e. The Bertz CT molecular complexity index is 1100. The van der Waals surface area contributed by atoms with E-state index in [9.17, 15) is 14.0 Å². The van der Waals surface area contributed by atoms with Crippen molar-refractivity contribution < 1.29 is 14.0 Å². The molecule has 0 aromatic heterocycles. The second-order valence-corrected chi connectivity index (χ2v) is 9.22. The lowest BCUT2D eigenvalue weighted by Crippen LogP contribution is -2.51. The summed E-state index contributed by atoms with van der Waals surface area (Å²) in [5.74, 6) is -1.19. The van der Waals surface area contributed by atoms with Crippen molar-refractivity contribution in [2.75, 3.05) is 6.54 Å². The third-order valence-corrected chi connectivity index (χ3v) is 6.36. The molecule has 3 aromatic rings. The molecule has 4 nitrogen and oxygen atoms in total. The maximum Gasteiger partial charge on any atom is 0.243 e. The molecule has 0 aliphatic carbocycles. The summed E-state index contributed by atoms with van der Waals surface area (Å²) < 4.78 is 14.5. The minimum absolute atomic E-state index is 0.116. The summed E-state index contributed by atoms with van der Waals surface area (Å²) in [6.07, 6.45) is 1.83. The van der Waals surface area contributed by atoms with Gasteiger partial charge < -0.3 is 10.2 Å². The third-order valence-electron chi connectivity index (χ3n) is 5.76. The monoisotopic (exact) mass is 514 g/mol. The van der Waals surface area contributed by atoms with Crippen LogP contribution < -0.4 is 5.32 Å². The van der Waals surface area contributed by atoms with Crippen molar-refractivity contribution in [3.8, 4) is 0 Å². The maximum absolute atomic E-state index is 14.5. The van der Waals surface area contributed by atoms with Gasteiger partial charge in [-0.15, -0.1) is 0 Å². The Morgan fingerprint density at radius 3 is 2.31 bits per heavy atom. The van der Waals surface area contributed by atoms with Crippen LogP contribution in [-0.2, 0) is 29.0 Å². The highest BCUT2D eigenvalue weighted by molar-refractivity contribution is 6.31. The smallest absolute Gasteiger partial charge is 0.243 e. The predicted molar refractivity (Wildman–Crippen MR) is 139 cm³/mol. The van der Waals surface area contributed by atoms with E-state index in [-0.39, 0.29) is 29.5 Å². The molecule has 2 amide bonds. The van der Waals surface area contributed by atoms with Gasteiger partial charge in [0.15, 0.2) is 0 Å². The molecule has 0 fully saturated rings. The lowest BCUT2D eigenvalue weighted by atomic mass is 10.0. The number of carbonyl (C=O) groups excluding carboxylic acids is 2. The second-order valence-electron chi connectivity index (χ2n) is 8.38. The molecule has 1 atom stereocenters. The zero-order valence-electron chi connectivity index (χ0n) is 19.6. The van der Waals surface area contributed by atoms with Gasteiger partial charge in [-0.3, -0.25) is 9.59 Å². The van der Waals surface area contributed by atoms with Gasteiger partial charge in [-0.25, -0.2) is 4.39 Å². The summed E-state index contributed by atoms with van der Waals surface area (Å²) in [4.78, 5) is 28.5. The van der Waals surface area contributed by atoms with E-state index >= 15 is 0 Å². The summed E-state index contributed by atoms with van der Waals surface area (Å²) in [7, 11) is 0. The highest BCUT2D eigenvalue weighted by Crippen LogP contribution is 2.23. The fourth-order valence-corrected chi connectivity index (χ4v) is 4.16. The van der Waals surface area contributed by atoms with Crippen LogP contribution in [-0.4, -0.2) is 29.3 Å². The fourth-order valence-electron chi connectivity index (χ4n) is 3.80. The van der Waals surface area contributed by atoms with Gasteiger partial charge >= 0.3 is 0 Å². The highest BCUT2D eigenvalue weighted by atomic mass is 35.5. The molecule has 0 heterocycles. The average molecular weight is 515 g/mol. The van der Waals surface area contributed by atoms with Crippen molar-refractivity contribution in [2.45, 2.75) is 45.2 Å². The molecule has 0 saturated heterocycles. The third kappa shape index (κ3) is 7.81. The molecule has 1 N–H and O–H groups in total. The van der Waals surface area contributed by atoms with Gasteiger partial charge in [0, 0.05) is 35.1 Å². The van der Waals surface area contributed by atoms with E-state index in [1.54, 1.807) is 18.2 Å². The zero-order valence-corrected chi connectivity index (χ0v) is 21.2. The van der Waals surface area contributed by atoms with Crippen LogP contribution in [0.2, 0.25) is 10.0 Å². The van der Waals surface area contributed by atoms with Crippen molar-refractivity contribution in [1.29, 1.82) is 0 Å². The number of nitrogens with one attached hydrogen (secondary N) is 1. The Labute approximate surface area is 216 Å². The first-order valence-corrected chi connectivity index (χ1v) is 12.4. The van der Waals surface area contributed by atoms with Gasteiger partial charge in [0.25, 0.3) is 0 Å². The van der Waals surface area contributed by atoms with Crippen molar-refractivity contribution in [1.82, 2.24) is 10.2 Å². The highest BCUT2D eigenvalue weighted by Gasteiger charge is 2.31. The van der Waals surface area contributed by atoms with Crippen molar-refractivity contribution >= 4 is 35.0 Å². The van der Waals surface area contributed by atoms with E-state index in [0.29, 0.717) is 18.0 Å². The molecular weight excluding hydrogens is 486 g/mol. The van der Waals surface area contributed by atoms with Crippen LogP contribution in [0.4, 0.5) is 4.39 Å². The number of carbonyl (C=O) groups is 2. The van der Waals surface area contributed by atoms with Crippen LogP contribution in [0.1, 0.15) is 36.5 Å². The molecule has 0 bridgehead atoms. The molecule has 0 aliphatic rings. The van der Waals surface area contributed by atoms with Crippen LogP contribution in [0.25, 0.3) is 0 Å². The van der Waals surface area contributed by atoms with Crippen molar-refractivity contribution in [3.63, 3.8) is 0 Å². The maximum atomic E-state index is 14.5. The molecule has 35 heavy (non-hydrogen) atoms. The molecule has 0 saturated carbocycles. The zero-order chi connectivity index (χ0) is 25.2. The van der Waals surface area contributed by atoms with Gasteiger partial charge in [0.05, 0.1) is 6.42 Å². The quantitative estimate of drug-likeness (QED) is 0.308. The number of unbranched alkanes of at least 4 members (excludes halogenated alkanes) is 1. The summed E-state index contributed by atoms with van der Waals surface area (Å²) >= 11 is 12.3. The molecule has 7 heteroatoms. The molecule has 184 valence electrons. The Hall–Kier alpha value is -2.89. The van der Waals surface area contributed by atoms with Gasteiger partial charge in [-0.2, -0.15) is 0 Å². The Morgan fingerprint density at radius 2 is 1.66 bits per heavy atom. The second kappa shape index (κ2) is 13.3.